The first-order chi connectivity index (χ1) is 20.1. The maximum atomic E-state index is 6.77. The van der Waals surface area contributed by atoms with Crippen molar-refractivity contribution in [3.8, 4) is 0 Å². The fourth-order valence-corrected chi connectivity index (χ4v) is 9.81. The van der Waals surface area contributed by atoms with Crippen LogP contribution in [0.5, 0.6) is 0 Å². The lowest BCUT2D eigenvalue weighted by molar-refractivity contribution is 0.0787. The van der Waals surface area contributed by atoms with E-state index in [-0.39, 0.29) is 10.8 Å². The quantitative estimate of drug-likeness (QED) is 0.145. The second-order valence-corrected chi connectivity index (χ2v) is 36.4. The fourth-order valence-electron chi connectivity index (χ4n) is 6.85. The summed E-state index contributed by atoms with van der Waals surface area (Å²) in [4.78, 5) is 0. The zero-order chi connectivity index (χ0) is 33.2. The molecule has 0 spiro atoms. The van der Waals surface area contributed by atoms with Gasteiger partial charge in [-0.05, 0) is 163 Å². The zero-order valence-corrected chi connectivity index (χ0v) is 35.5. The van der Waals surface area contributed by atoms with E-state index in [1.54, 1.807) is 33.4 Å². The van der Waals surface area contributed by atoms with Crippen LogP contribution in [-0.4, -0.2) is 59.7 Å². The summed E-state index contributed by atoms with van der Waals surface area (Å²) in [5.74, 6) is 0. The molecule has 1 aromatic carbocycles. The minimum Gasteiger partial charge on any atom is -0.417 e. The molecule has 8 heteroatoms. The molecule has 0 aromatic heterocycles. The first-order valence-electron chi connectivity index (χ1n) is 17.8. The normalized spacial score (nSPS) is 18.1. The molecule has 3 rings (SSSR count). The molecule has 2 aliphatic rings. The maximum Gasteiger partial charge on any atom is 0.183 e. The second-order valence-electron chi connectivity index (χ2n) is 18.4. The minimum atomic E-state index is -1.67. The van der Waals surface area contributed by atoms with Gasteiger partial charge < -0.3 is 17.7 Å². The molecule has 4 nitrogen and oxygen atoms in total. The van der Waals surface area contributed by atoms with Crippen molar-refractivity contribution in [1.29, 1.82) is 0 Å². The fraction of sp³-hybridized carbons (Fsp3) is 0.833. The van der Waals surface area contributed by atoms with Crippen molar-refractivity contribution < 1.29 is 17.7 Å². The van der Waals surface area contributed by atoms with E-state index >= 15 is 0 Å². The predicted octanol–water partition coefficient (Wildman–Crippen LogP) is 9.95. The van der Waals surface area contributed by atoms with Gasteiger partial charge in [0.05, 0.1) is 0 Å². The maximum absolute atomic E-state index is 6.77. The van der Waals surface area contributed by atoms with Gasteiger partial charge in [0, 0.05) is 37.3 Å². The molecule has 0 saturated heterocycles. The van der Waals surface area contributed by atoms with Crippen LogP contribution in [0.4, 0.5) is 0 Å². The van der Waals surface area contributed by atoms with Crippen molar-refractivity contribution >= 4 is 33.3 Å². The summed E-state index contributed by atoms with van der Waals surface area (Å²) < 4.78 is 27.1. The summed E-state index contributed by atoms with van der Waals surface area (Å²) in [5.41, 5.74) is 10.2. The van der Waals surface area contributed by atoms with Crippen LogP contribution in [-0.2, 0) is 56.2 Å². The Hall–Kier alpha value is -0.0725. The lowest BCUT2D eigenvalue weighted by atomic mass is 9.84. The van der Waals surface area contributed by atoms with E-state index in [4.69, 9.17) is 17.7 Å². The molecule has 0 bridgehead atoms. The number of unbranched alkanes of at least 4 members (excludes halogenated alkanes) is 2. The molecule has 0 saturated carbocycles. The molecular weight excluding hydrogens is 609 g/mol. The molecule has 254 valence electrons. The molecule has 0 aliphatic heterocycles. The molecule has 0 amide bonds. The Labute approximate surface area is 277 Å². The Balaban J connectivity index is 2.17. The molecule has 0 fully saturated rings. The van der Waals surface area contributed by atoms with E-state index in [9.17, 15) is 0 Å². The smallest absolute Gasteiger partial charge is 0.183 e. The van der Waals surface area contributed by atoms with E-state index in [0.29, 0.717) is 0 Å². The van der Waals surface area contributed by atoms with Crippen molar-refractivity contribution in [2.75, 3.05) is 26.4 Å². The van der Waals surface area contributed by atoms with Gasteiger partial charge in [-0.25, -0.2) is 0 Å². The van der Waals surface area contributed by atoms with Gasteiger partial charge in [-0.2, -0.15) is 0 Å². The average Bonchev–Trinajstić information content (AvgIpc) is 3.45. The van der Waals surface area contributed by atoms with Crippen molar-refractivity contribution in [2.45, 2.75) is 157 Å². The highest BCUT2D eigenvalue weighted by Crippen LogP contribution is 2.50. The van der Waals surface area contributed by atoms with E-state index in [1.165, 1.54) is 38.5 Å². The highest BCUT2D eigenvalue weighted by atomic mass is 28.4. The Kier molecular flexibility index (Phi) is 12.7. The van der Waals surface area contributed by atoms with Gasteiger partial charge in [0.2, 0.25) is 0 Å². The summed E-state index contributed by atoms with van der Waals surface area (Å²) >= 11 is 0. The van der Waals surface area contributed by atoms with Crippen molar-refractivity contribution in [2.24, 2.45) is 10.8 Å². The van der Waals surface area contributed by atoms with Crippen molar-refractivity contribution in [3.63, 3.8) is 0 Å². The van der Waals surface area contributed by atoms with E-state index in [0.717, 1.165) is 52.1 Å². The minimum absolute atomic E-state index is 0.0406. The summed E-state index contributed by atoms with van der Waals surface area (Å²) in [5, 5.41) is 0. The number of benzene rings is 1. The molecule has 0 radical (unpaired) electrons. The third-order valence-electron chi connectivity index (χ3n) is 9.20. The van der Waals surface area contributed by atoms with Crippen LogP contribution in [0.15, 0.2) is 0 Å². The number of hydrogen-bond donors (Lipinski definition) is 0. The number of rotatable bonds is 18. The number of hydrogen-bond acceptors (Lipinski definition) is 4. The number of fused-ring (bicyclic) bond motifs is 2. The van der Waals surface area contributed by atoms with Gasteiger partial charge in [0.1, 0.15) is 0 Å². The monoisotopic (exact) mass is 678 g/mol. The Morgan fingerprint density at radius 3 is 0.841 bits per heavy atom. The van der Waals surface area contributed by atoms with Gasteiger partial charge in [-0.15, -0.1) is 0 Å². The lowest BCUT2D eigenvalue weighted by Gasteiger charge is -2.35. The standard InChI is InChI=1S/C36H70O4Si4/c1-15-17-19-29-31-21-35(25-37-41(3,4)5,26-38-42(6,7)8)23-33(31)30(20-18-16-2)34-24-36(22-32(29)34,27-39-43(9,10)11)28-40-44(12,13)14/h15-28H2,1-14H3. The van der Waals surface area contributed by atoms with Crippen molar-refractivity contribution in [1.82, 2.24) is 0 Å². The molecule has 44 heavy (non-hydrogen) atoms. The van der Waals surface area contributed by atoms with Gasteiger partial charge in [0.25, 0.3) is 0 Å². The van der Waals surface area contributed by atoms with Crippen LogP contribution in [0.3, 0.4) is 0 Å². The molecule has 0 atom stereocenters. The largest absolute Gasteiger partial charge is 0.417 e. The van der Waals surface area contributed by atoms with Gasteiger partial charge in [-0.3, -0.25) is 0 Å². The summed E-state index contributed by atoms with van der Waals surface area (Å²) in [6, 6.07) is 0. The summed E-state index contributed by atoms with van der Waals surface area (Å²) in [7, 11) is -6.68. The van der Waals surface area contributed by atoms with Gasteiger partial charge in [0.15, 0.2) is 33.3 Å². The van der Waals surface area contributed by atoms with Crippen LogP contribution in [0.25, 0.3) is 0 Å². The molecule has 0 N–H and O–H groups in total. The molecule has 2 aliphatic carbocycles. The Morgan fingerprint density at radius 2 is 0.659 bits per heavy atom. The molecule has 0 heterocycles. The van der Waals surface area contributed by atoms with Crippen LogP contribution in [0, 0.1) is 10.8 Å². The third kappa shape index (κ3) is 11.0. The average molecular weight is 679 g/mol. The van der Waals surface area contributed by atoms with Gasteiger partial charge in [-0.1, -0.05) is 26.7 Å². The topological polar surface area (TPSA) is 36.9 Å². The van der Waals surface area contributed by atoms with E-state index in [1.807, 2.05) is 0 Å². The molecular formula is C36H70O4Si4. The van der Waals surface area contributed by atoms with Crippen LogP contribution in [0.2, 0.25) is 78.6 Å². The highest BCUT2D eigenvalue weighted by molar-refractivity contribution is 6.70. The summed E-state index contributed by atoms with van der Waals surface area (Å²) in [6.45, 7) is 36.0. The Morgan fingerprint density at radius 1 is 0.432 bits per heavy atom. The first kappa shape index (κ1) is 38.4. The van der Waals surface area contributed by atoms with Gasteiger partial charge >= 0.3 is 0 Å². The lowest BCUT2D eigenvalue weighted by Crippen LogP contribution is -2.42. The van der Waals surface area contributed by atoms with Crippen LogP contribution < -0.4 is 0 Å². The van der Waals surface area contributed by atoms with Crippen molar-refractivity contribution in [3.05, 3.63) is 33.4 Å². The van der Waals surface area contributed by atoms with E-state index < -0.39 is 33.3 Å². The van der Waals surface area contributed by atoms with E-state index in [2.05, 4.69) is 92.4 Å². The molecule has 1 aromatic rings. The Bertz CT molecular complexity index is 942. The van der Waals surface area contributed by atoms with Crippen LogP contribution >= 0.6 is 0 Å². The van der Waals surface area contributed by atoms with Crippen LogP contribution in [0.1, 0.15) is 72.9 Å². The first-order valence-corrected chi connectivity index (χ1v) is 31.5. The zero-order valence-electron chi connectivity index (χ0n) is 31.5. The highest BCUT2D eigenvalue weighted by Gasteiger charge is 2.47. The SMILES string of the molecule is CCCCc1c2c(c(CCCC)c3c1CC(CO[Si](C)(C)C)(CO[Si](C)(C)C)C3)CC(CO[Si](C)(C)C)(CO[Si](C)(C)C)C2. The predicted molar refractivity (Wildman–Crippen MR) is 201 cm³/mol. The molecule has 0 unspecified atom stereocenters. The third-order valence-corrected chi connectivity index (χ3v) is 13.2. The summed E-state index contributed by atoms with van der Waals surface area (Å²) in [6.07, 6.45) is 11.8. The second kappa shape index (κ2) is 14.6.